The SMILES string of the molecule is CCOc1ccc2c(c1)nc(CO)n2CC. The van der Waals surface area contributed by atoms with Gasteiger partial charge in [0.25, 0.3) is 0 Å². The Bertz CT molecular complexity index is 491. The third-order valence-corrected chi connectivity index (χ3v) is 2.57. The number of nitrogens with zero attached hydrogens (tertiary/aromatic N) is 2. The van der Waals surface area contributed by atoms with Crippen LogP contribution in [0.5, 0.6) is 5.75 Å². The number of imidazole rings is 1. The summed E-state index contributed by atoms with van der Waals surface area (Å²) in [5.74, 6) is 1.52. The molecule has 0 bridgehead atoms. The summed E-state index contributed by atoms with van der Waals surface area (Å²) in [6.07, 6.45) is 0. The lowest BCUT2D eigenvalue weighted by Gasteiger charge is -2.04. The standard InChI is InChI=1S/C12H16N2O2/c1-3-14-11-6-5-9(16-4-2)7-10(11)13-12(14)8-15/h5-7,15H,3-4,8H2,1-2H3. The summed E-state index contributed by atoms with van der Waals surface area (Å²) < 4.78 is 7.42. The molecule has 1 N–H and O–H groups in total. The van der Waals surface area contributed by atoms with E-state index in [2.05, 4.69) is 4.98 Å². The highest BCUT2D eigenvalue weighted by Crippen LogP contribution is 2.22. The summed E-state index contributed by atoms with van der Waals surface area (Å²) in [5, 5.41) is 9.21. The van der Waals surface area contributed by atoms with Crippen molar-refractivity contribution < 1.29 is 9.84 Å². The van der Waals surface area contributed by atoms with E-state index in [1.807, 2.05) is 36.6 Å². The first-order valence-electron chi connectivity index (χ1n) is 5.53. The van der Waals surface area contributed by atoms with E-state index in [9.17, 15) is 5.11 Å². The molecule has 4 heteroatoms. The van der Waals surface area contributed by atoms with Crippen LogP contribution in [0.1, 0.15) is 19.7 Å². The van der Waals surface area contributed by atoms with Gasteiger partial charge in [0, 0.05) is 12.6 Å². The second kappa shape index (κ2) is 4.53. The van der Waals surface area contributed by atoms with Crippen LogP contribution in [-0.4, -0.2) is 21.3 Å². The second-order valence-electron chi connectivity index (χ2n) is 3.51. The van der Waals surface area contributed by atoms with E-state index in [0.29, 0.717) is 12.4 Å². The minimum absolute atomic E-state index is 0.0352. The van der Waals surface area contributed by atoms with Gasteiger partial charge in [-0.15, -0.1) is 0 Å². The van der Waals surface area contributed by atoms with Crippen molar-refractivity contribution in [3.63, 3.8) is 0 Å². The molecular weight excluding hydrogens is 204 g/mol. The fraction of sp³-hybridized carbons (Fsp3) is 0.417. The maximum Gasteiger partial charge on any atom is 0.135 e. The van der Waals surface area contributed by atoms with Gasteiger partial charge in [-0.05, 0) is 26.0 Å². The molecular formula is C12H16N2O2. The average Bonchev–Trinajstić information content (AvgIpc) is 2.66. The Morgan fingerprint density at radius 3 is 2.81 bits per heavy atom. The van der Waals surface area contributed by atoms with E-state index in [0.717, 1.165) is 23.3 Å². The number of aryl methyl sites for hydroxylation is 1. The minimum Gasteiger partial charge on any atom is -0.494 e. The van der Waals surface area contributed by atoms with Crippen LogP contribution in [0.4, 0.5) is 0 Å². The van der Waals surface area contributed by atoms with Crippen LogP contribution in [0.15, 0.2) is 18.2 Å². The Kier molecular flexibility index (Phi) is 3.10. The van der Waals surface area contributed by atoms with E-state index >= 15 is 0 Å². The molecule has 0 atom stereocenters. The van der Waals surface area contributed by atoms with Gasteiger partial charge in [-0.3, -0.25) is 0 Å². The topological polar surface area (TPSA) is 47.3 Å². The first-order valence-corrected chi connectivity index (χ1v) is 5.53. The van der Waals surface area contributed by atoms with E-state index in [4.69, 9.17) is 4.74 Å². The van der Waals surface area contributed by atoms with Crippen molar-refractivity contribution in [1.29, 1.82) is 0 Å². The molecule has 0 saturated heterocycles. The lowest BCUT2D eigenvalue weighted by Crippen LogP contribution is -2.00. The molecule has 0 fully saturated rings. The van der Waals surface area contributed by atoms with Crippen LogP contribution in [-0.2, 0) is 13.2 Å². The summed E-state index contributed by atoms with van der Waals surface area (Å²) in [7, 11) is 0. The number of aliphatic hydroxyl groups excluding tert-OH is 1. The fourth-order valence-electron chi connectivity index (χ4n) is 1.89. The monoisotopic (exact) mass is 220 g/mol. The largest absolute Gasteiger partial charge is 0.494 e. The number of rotatable bonds is 4. The number of hydrogen-bond donors (Lipinski definition) is 1. The predicted molar refractivity (Wildman–Crippen MR) is 62.5 cm³/mol. The van der Waals surface area contributed by atoms with Gasteiger partial charge >= 0.3 is 0 Å². The number of fused-ring (bicyclic) bond motifs is 1. The minimum atomic E-state index is -0.0352. The molecule has 0 saturated carbocycles. The first kappa shape index (κ1) is 11.0. The van der Waals surface area contributed by atoms with Gasteiger partial charge in [-0.2, -0.15) is 0 Å². The zero-order valence-corrected chi connectivity index (χ0v) is 9.60. The Labute approximate surface area is 94.5 Å². The van der Waals surface area contributed by atoms with E-state index in [1.54, 1.807) is 0 Å². The van der Waals surface area contributed by atoms with Crippen molar-refractivity contribution >= 4 is 11.0 Å². The highest BCUT2D eigenvalue weighted by molar-refractivity contribution is 5.77. The molecule has 0 amide bonds. The highest BCUT2D eigenvalue weighted by Gasteiger charge is 2.09. The number of aromatic nitrogens is 2. The van der Waals surface area contributed by atoms with Crippen molar-refractivity contribution in [2.75, 3.05) is 6.61 Å². The van der Waals surface area contributed by atoms with Crippen molar-refractivity contribution in [2.45, 2.75) is 27.0 Å². The molecule has 1 aromatic carbocycles. The van der Waals surface area contributed by atoms with Gasteiger partial charge in [-0.25, -0.2) is 4.98 Å². The number of benzene rings is 1. The van der Waals surface area contributed by atoms with Crippen LogP contribution in [0, 0.1) is 0 Å². The van der Waals surface area contributed by atoms with Crippen LogP contribution in [0.25, 0.3) is 11.0 Å². The third kappa shape index (κ3) is 1.76. The molecule has 86 valence electrons. The summed E-state index contributed by atoms with van der Waals surface area (Å²) in [6.45, 7) is 5.41. The molecule has 0 radical (unpaired) electrons. The van der Waals surface area contributed by atoms with Crippen LogP contribution in [0.3, 0.4) is 0 Å². The van der Waals surface area contributed by atoms with Gasteiger partial charge in [0.15, 0.2) is 0 Å². The molecule has 0 unspecified atom stereocenters. The fourth-order valence-corrected chi connectivity index (χ4v) is 1.89. The lowest BCUT2D eigenvalue weighted by atomic mass is 10.3. The van der Waals surface area contributed by atoms with Gasteiger partial charge in [0.1, 0.15) is 18.2 Å². The normalized spacial score (nSPS) is 10.9. The van der Waals surface area contributed by atoms with Crippen molar-refractivity contribution in [1.82, 2.24) is 9.55 Å². The lowest BCUT2D eigenvalue weighted by molar-refractivity contribution is 0.266. The van der Waals surface area contributed by atoms with Crippen LogP contribution >= 0.6 is 0 Å². The highest BCUT2D eigenvalue weighted by atomic mass is 16.5. The Morgan fingerprint density at radius 1 is 1.38 bits per heavy atom. The molecule has 0 aliphatic rings. The Hall–Kier alpha value is -1.55. The van der Waals surface area contributed by atoms with Crippen molar-refractivity contribution in [3.05, 3.63) is 24.0 Å². The number of hydrogen-bond acceptors (Lipinski definition) is 3. The Balaban J connectivity index is 2.54. The molecule has 16 heavy (non-hydrogen) atoms. The number of aliphatic hydroxyl groups is 1. The second-order valence-corrected chi connectivity index (χ2v) is 3.51. The maximum absolute atomic E-state index is 9.21. The van der Waals surface area contributed by atoms with Gasteiger partial charge in [-0.1, -0.05) is 0 Å². The molecule has 0 spiro atoms. The predicted octanol–water partition coefficient (Wildman–Crippen LogP) is 1.95. The zero-order valence-electron chi connectivity index (χ0n) is 9.60. The summed E-state index contributed by atoms with van der Waals surface area (Å²) in [5.41, 5.74) is 1.91. The van der Waals surface area contributed by atoms with Crippen molar-refractivity contribution in [3.8, 4) is 5.75 Å². The molecule has 0 aliphatic carbocycles. The van der Waals surface area contributed by atoms with E-state index in [1.165, 1.54) is 0 Å². The zero-order chi connectivity index (χ0) is 11.5. The van der Waals surface area contributed by atoms with Gasteiger partial charge in [0.2, 0.25) is 0 Å². The quantitative estimate of drug-likeness (QED) is 0.856. The third-order valence-electron chi connectivity index (χ3n) is 2.57. The van der Waals surface area contributed by atoms with Crippen LogP contribution < -0.4 is 4.74 Å². The van der Waals surface area contributed by atoms with E-state index < -0.39 is 0 Å². The van der Waals surface area contributed by atoms with Crippen LogP contribution in [0.2, 0.25) is 0 Å². The van der Waals surface area contributed by atoms with Crippen molar-refractivity contribution in [2.24, 2.45) is 0 Å². The first-order chi connectivity index (χ1) is 7.80. The molecule has 2 rings (SSSR count). The maximum atomic E-state index is 9.21. The number of ether oxygens (including phenoxy) is 1. The average molecular weight is 220 g/mol. The molecule has 1 aromatic heterocycles. The smallest absolute Gasteiger partial charge is 0.135 e. The summed E-state index contributed by atoms with van der Waals surface area (Å²) in [4.78, 5) is 4.38. The molecule has 2 aromatic rings. The molecule has 1 heterocycles. The molecule has 0 aliphatic heterocycles. The summed E-state index contributed by atoms with van der Waals surface area (Å²) in [6, 6.07) is 5.82. The van der Waals surface area contributed by atoms with Gasteiger partial charge in [0.05, 0.1) is 17.6 Å². The van der Waals surface area contributed by atoms with Gasteiger partial charge < -0.3 is 14.4 Å². The molecule has 4 nitrogen and oxygen atoms in total. The summed E-state index contributed by atoms with van der Waals surface area (Å²) >= 11 is 0. The Morgan fingerprint density at radius 2 is 2.19 bits per heavy atom. The van der Waals surface area contributed by atoms with E-state index in [-0.39, 0.29) is 6.61 Å².